The predicted octanol–water partition coefficient (Wildman–Crippen LogP) is 6.17. The Kier molecular flexibility index (Phi) is 9.51. The average Bonchev–Trinajstić information content (AvgIpc) is 3.01. The zero-order valence-corrected chi connectivity index (χ0v) is 24.9. The molecule has 3 N–H and O–H groups in total. The van der Waals surface area contributed by atoms with Crippen molar-refractivity contribution in [3.63, 3.8) is 0 Å². The van der Waals surface area contributed by atoms with E-state index in [-0.39, 0.29) is 0 Å². The molecule has 0 unspecified atom stereocenters. The van der Waals surface area contributed by atoms with Crippen LogP contribution >= 0.6 is 0 Å². The number of nitrogens with one attached hydrogen (secondary N) is 1. The fourth-order valence-electron chi connectivity index (χ4n) is 5.21. The molecule has 1 aromatic heterocycles. The van der Waals surface area contributed by atoms with Crippen molar-refractivity contribution in [3.8, 4) is 28.7 Å². The van der Waals surface area contributed by atoms with E-state index in [1.54, 1.807) is 20.4 Å². The van der Waals surface area contributed by atoms with Crippen molar-refractivity contribution < 1.29 is 18.9 Å². The molecule has 0 saturated carbocycles. The Labute approximate surface area is 248 Å². The van der Waals surface area contributed by atoms with Gasteiger partial charge in [-0.2, -0.15) is 0 Å². The summed E-state index contributed by atoms with van der Waals surface area (Å²) in [7, 11) is 3.27. The highest BCUT2D eigenvalue weighted by Crippen LogP contribution is 2.39. The zero-order valence-electron chi connectivity index (χ0n) is 24.9. The fourth-order valence-corrected chi connectivity index (χ4v) is 5.21. The number of pyridine rings is 1. The molecule has 222 valence electrons. The molecule has 0 radical (unpaired) electrons. The highest BCUT2D eigenvalue weighted by Gasteiger charge is 2.19. The van der Waals surface area contributed by atoms with Gasteiger partial charge in [0.05, 0.1) is 43.9 Å². The van der Waals surface area contributed by atoms with Crippen LogP contribution in [0.2, 0.25) is 0 Å². The number of anilines is 3. The molecule has 3 aromatic carbocycles. The Balaban J connectivity index is 1.27. The average molecular weight is 572 g/mol. The Morgan fingerprint density at radius 3 is 2.38 bits per heavy atom. The number of benzene rings is 3. The zero-order chi connectivity index (χ0) is 29.5. The topological polar surface area (TPSA) is 94.3 Å². The van der Waals surface area contributed by atoms with Crippen molar-refractivity contribution in [2.24, 2.45) is 0 Å². The van der Waals surface area contributed by atoms with Crippen LogP contribution < -0.4 is 30.0 Å². The Morgan fingerprint density at radius 1 is 0.881 bits per heavy atom. The van der Waals surface area contributed by atoms with Gasteiger partial charge in [-0.1, -0.05) is 18.2 Å². The summed E-state index contributed by atoms with van der Waals surface area (Å²) in [5.41, 5.74) is 9.23. The van der Waals surface area contributed by atoms with Gasteiger partial charge in [-0.05, 0) is 50.6 Å². The first-order chi connectivity index (χ1) is 20.4. The van der Waals surface area contributed by atoms with Crippen molar-refractivity contribution in [1.29, 1.82) is 0 Å². The molecular weight excluding hydrogens is 530 g/mol. The molecule has 0 atom stereocenters. The number of nitrogens with two attached hydrogens (primary N) is 1. The highest BCUT2D eigenvalue weighted by molar-refractivity contribution is 6.00. The van der Waals surface area contributed by atoms with E-state index in [2.05, 4.69) is 33.9 Å². The third kappa shape index (κ3) is 6.98. The van der Waals surface area contributed by atoms with Crippen LogP contribution in [0, 0.1) is 0 Å². The quantitative estimate of drug-likeness (QED) is 0.194. The van der Waals surface area contributed by atoms with Gasteiger partial charge in [0.2, 0.25) is 0 Å². The van der Waals surface area contributed by atoms with Gasteiger partial charge in [-0.25, -0.2) is 0 Å². The monoisotopic (exact) mass is 571 g/mol. The summed E-state index contributed by atoms with van der Waals surface area (Å²) in [6.45, 7) is 10.6. The van der Waals surface area contributed by atoms with Crippen LogP contribution in [0.1, 0.15) is 20.3 Å². The molecule has 2 heterocycles. The normalized spacial score (nSPS) is 14.2. The van der Waals surface area contributed by atoms with Crippen molar-refractivity contribution in [3.05, 3.63) is 66.9 Å². The molecule has 1 aliphatic heterocycles. The van der Waals surface area contributed by atoms with E-state index < -0.39 is 0 Å². The highest BCUT2D eigenvalue weighted by atomic mass is 16.5. The van der Waals surface area contributed by atoms with E-state index in [0.717, 1.165) is 61.4 Å². The first-order valence-electron chi connectivity index (χ1n) is 14.5. The lowest BCUT2D eigenvalue weighted by atomic mass is 10.1. The Hall–Kier alpha value is -4.21. The second-order valence-electron chi connectivity index (χ2n) is 10.7. The van der Waals surface area contributed by atoms with Crippen LogP contribution in [0.25, 0.3) is 10.9 Å². The van der Waals surface area contributed by atoms with Crippen LogP contribution in [0.15, 0.2) is 66.9 Å². The molecule has 4 aromatic rings. The molecule has 1 saturated heterocycles. The number of aromatic nitrogens is 1. The number of ether oxygens (including phenoxy) is 4. The summed E-state index contributed by atoms with van der Waals surface area (Å²) in [6.07, 6.45) is 2.60. The number of methoxy groups -OCH3 is 2. The van der Waals surface area contributed by atoms with E-state index in [4.69, 9.17) is 24.7 Å². The maximum atomic E-state index is 6.41. The van der Waals surface area contributed by atoms with E-state index in [0.29, 0.717) is 47.1 Å². The molecule has 1 aliphatic rings. The van der Waals surface area contributed by atoms with E-state index in [1.807, 2.05) is 60.7 Å². The molecule has 9 heteroatoms. The van der Waals surface area contributed by atoms with Gasteiger partial charge in [0.25, 0.3) is 0 Å². The van der Waals surface area contributed by atoms with E-state index in [1.165, 1.54) is 0 Å². The molecule has 1 fully saturated rings. The molecule has 0 bridgehead atoms. The van der Waals surface area contributed by atoms with Crippen molar-refractivity contribution in [2.75, 3.05) is 64.6 Å². The maximum Gasteiger partial charge on any atom is 0.169 e. The van der Waals surface area contributed by atoms with Crippen molar-refractivity contribution >= 4 is 28.0 Å². The molecule has 0 amide bonds. The number of rotatable bonds is 12. The van der Waals surface area contributed by atoms with Gasteiger partial charge in [0, 0.05) is 62.0 Å². The van der Waals surface area contributed by atoms with Gasteiger partial charge in [0.1, 0.15) is 5.75 Å². The minimum absolute atomic E-state index is 0.520. The third-order valence-corrected chi connectivity index (χ3v) is 7.60. The summed E-state index contributed by atoms with van der Waals surface area (Å²) in [6, 6.07) is 19.7. The smallest absolute Gasteiger partial charge is 0.169 e. The SMILES string of the molecule is COc1cc2c(Nc3cccc(Oc4ccccc4OC)c3)c(N)cnc2cc1OCCCN1CCN(C(C)C)CC1. The van der Waals surface area contributed by atoms with Gasteiger partial charge in [-0.3, -0.25) is 9.88 Å². The number of piperazine rings is 1. The molecule has 5 rings (SSSR count). The number of para-hydroxylation sites is 2. The van der Waals surface area contributed by atoms with Gasteiger partial charge in [-0.15, -0.1) is 0 Å². The number of hydrogen-bond acceptors (Lipinski definition) is 9. The first-order valence-corrected chi connectivity index (χ1v) is 14.5. The standard InChI is InChI=1S/C33H41N5O4/c1-23(2)38-16-14-37(15-17-38)13-8-18-41-32-21-28-26(20-31(32)40-4)33(27(34)22-35-28)36-24-9-7-10-25(19-24)42-30-12-6-5-11-29(30)39-3/h5-7,9-12,19-23H,8,13-18,34H2,1-4H3,(H,35,36). The van der Waals surface area contributed by atoms with E-state index >= 15 is 0 Å². The lowest BCUT2D eigenvalue weighted by Crippen LogP contribution is -2.49. The molecule has 0 spiro atoms. The summed E-state index contributed by atoms with van der Waals surface area (Å²) >= 11 is 0. The van der Waals surface area contributed by atoms with Crippen molar-refractivity contribution in [2.45, 2.75) is 26.3 Å². The van der Waals surface area contributed by atoms with Gasteiger partial charge >= 0.3 is 0 Å². The number of hydrogen-bond donors (Lipinski definition) is 2. The van der Waals surface area contributed by atoms with Crippen LogP contribution in [-0.2, 0) is 0 Å². The van der Waals surface area contributed by atoms with Gasteiger partial charge < -0.3 is 34.9 Å². The summed E-state index contributed by atoms with van der Waals surface area (Å²) in [5.74, 6) is 3.27. The molecular formula is C33H41N5O4. The Morgan fingerprint density at radius 2 is 1.64 bits per heavy atom. The number of nitrogens with zero attached hydrogens (tertiary/aromatic N) is 3. The third-order valence-electron chi connectivity index (χ3n) is 7.60. The number of fused-ring (bicyclic) bond motifs is 1. The summed E-state index contributed by atoms with van der Waals surface area (Å²) in [4.78, 5) is 9.63. The van der Waals surface area contributed by atoms with E-state index in [9.17, 15) is 0 Å². The molecule has 0 aliphatic carbocycles. The summed E-state index contributed by atoms with van der Waals surface area (Å²) in [5, 5.41) is 4.29. The second kappa shape index (κ2) is 13.6. The fraction of sp³-hybridized carbons (Fsp3) is 0.364. The minimum Gasteiger partial charge on any atom is -0.493 e. The number of nitrogen functional groups attached to an aromatic ring is 1. The molecule has 42 heavy (non-hydrogen) atoms. The first kappa shape index (κ1) is 29.3. The van der Waals surface area contributed by atoms with Crippen LogP contribution in [0.5, 0.6) is 28.7 Å². The second-order valence-corrected chi connectivity index (χ2v) is 10.7. The lowest BCUT2D eigenvalue weighted by molar-refractivity contribution is 0.104. The predicted molar refractivity (Wildman–Crippen MR) is 169 cm³/mol. The lowest BCUT2D eigenvalue weighted by Gasteiger charge is -2.36. The maximum absolute atomic E-state index is 6.41. The summed E-state index contributed by atoms with van der Waals surface area (Å²) < 4.78 is 23.4. The largest absolute Gasteiger partial charge is 0.493 e. The van der Waals surface area contributed by atoms with Crippen LogP contribution in [0.4, 0.5) is 17.1 Å². The van der Waals surface area contributed by atoms with Crippen molar-refractivity contribution in [1.82, 2.24) is 14.8 Å². The van der Waals surface area contributed by atoms with Crippen LogP contribution in [0.3, 0.4) is 0 Å². The minimum atomic E-state index is 0.520. The Bertz CT molecular complexity index is 1490. The molecule has 9 nitrogen and oxygen atoms in total. The van der Waals surface area contributed by atoms with Gasteiger partial charge in [0.15, 0.2) is 23.0 Å². The van der Waals surface area contributed by atoms with Crippen LogP contribution in [-0.4, -0.2) is 74.4 Å².